The van der Waals surface area contributed by atoms with Gasteiger partial charge in [0.05, 0.1) is 18.0 Å². The van der Waals surface area contributed by atoms with Gasteiger partial charge in [-0.15, -0.1) is 11.3 Å². The van der Waals surface area contributed by atoms with Gasteiger partial charge in [-0.1, -0.05) is 38.4 Å². The van der Waals surface area contributed by atoms with Crippen molar-refractivity contribution in [1.29, 1.82) is 0 Å². The van der Waals surface area contributed by atoms with Crippen LogP contribution in [0.2, 0.25) is 4.34 Å². The van der Waals surface area contributed by atoms with E-state index in [1.165, 1.54) is 29.3 Å². The fourth-order valence-electron chi connectivity index (χ4n) is 4.31. The molecule has 3 aromatic rings. The smallest absolute Gasteiger partial charge is 0.435 e. The van der Waals surface area contributed by atoms with E-state index in [1.807, 2.05) is 12.3 Å². The molecular weight excluding hydrogens is 471 g/mol. The van der Waals surface area contributed by atoms with Gasteiger partial charge in [0.1, 0.15) is 5.75 Å². The van der Waals surface area contributed by atoms with Crippen LogP contribution in [0.4, 0.5) is 13.2 Å². The summed E-state index contributed by atoms with van der Waals surface area (Å²) < 4.78 is 49.2. The van der Waals surface area contributed by atoms with Crippen LogP contribution in [0.25, 0.3) is 11.1 Å². The van der Waals surface area contributed by atoms with Crippen molar-refractivity contribution in [3.8, 4) is 16.9 Å². The maximum absolute atomic E-state index is 14.0. The molecule has 4 rings (SSSR count). The van der Waals surface area contributed by atoms with Crippen LogP contribution in [0.15, 0.2) is 29.4 Å². The van der Waals surface area contributed by atoms with Gasteiger partial charge in [0.2, 0.25) is 0 Å². The number of nitrogens with zero attached hydrogens (tertiary/aromatic N) is 3. The van der Waals surface area contributed by atoms with Gasteiger partial charge in [-0.05, 0) is 46.7 Å². The molecule has 9 heteroatoms. The van der Waals surface area contributed by atoms with Crippen LogP contribution in [0.3, 0.4) is 0 Å². The Kier molecular flexibility index (Phi) is 6.12. The molecule has 0 bridgehead atoms. The molecule has 4 nitrogen and oxygen atoms in total. The van der Waals surface area contributed by atoms with E-state index in [2.05, 4.69) is 30.9 Å². The van der Waals surface area contributed by atoms with Crippen molar-refractivity contribution in [2.75, 3.05) is 7.11 Å². The molecule has 0 radical (unpaired) electrons. The second kappa shape index (κ2) is 8.47. The number of alkyl halides is 3. The summed E-state index contributed by atoms with van der Waals surface area (Å²) in [4.78, 5) is 5.58. The quantitative estimate of drug-likeness (QED) is 0.380. The molecular formula is C24H25ClF3N3OS. The third kappa shape index (κ3) is 4.30. The number of aryl methyl sites for hydroxylation is 1. The Morgan fingerprint density at radius 3 is 2.55 bits per heavy atom. The van der Waals surface area contributed by atoms with Gasteiger partial charge >= 0.3 is 6.18 Å². The zero-order valence-electron chi connectivity index (χ0n) is 19.0. The van der Waals surface area contributed by atoms with Crippen molar-refractivity contribution in [1.82, 2.24) is 9.78 Å². The predicted octanol–water partition coefficient (Wildman–Crippen LogP) is 7.33. The lowest BCUT2D eigenvalue weighted by Gasteiger charge is -2.27. The summed E-state index contributed by atoms with van der Waals surface area (Å²) in [6, 6.07) is 5.24. The molecule has 0 N–H and O–H groups in total. The number of halogens is 4. The summed E-state index contributed by atoms with van der Waals surface area (Å²) in [7, 11) is 1.50. The molecule has 1 aliphatic heterocycles. The molecule has 1 atom stereocenters. The first-order valence-corrected chi connectivity index (χ1v) is 11.8. The van der Waals surface area contributed by atoms with Crippen LogP contribution in [-0.4, -0.2) is 23.1 Å². The number of ether oxygens (including phenoxy) is 1. The lowest BCUT2D eigenvalue weighted by Crippen LogP contribution is -2.19. The molecule has 0 saturated carbocycles. The number of aromatic nitrogens is 2. The molecule has 0 saturated heterocycles. The largest absolute Gasteiger partial charge is 0.497 e. The van der Waals surface area contributed by atoms with E-state index in [0.717, 1.165) is 16.0 Å². The van der Waals surface area contributed by atoms with Crippen LogP contribution in [-0.2, 0) is 24.7 Å². The summed E-state index contributed by atoms with van der Waals surface area (Å²) >= 11 is 8.16. The highest BCUT2D eigenvalue weighted by Gasteiger charge is 2.39. The third-order valence-corrected chi connectivity index (χ3v) is 7.17. The molecule has 2 aromatic heterocycles. The Hall–Kier alpha value is -2.32. The summed E-state index contributed by atoms with van der Waals surface area (Å²) in [5.74, 6) is 0.136. The second-order valence-corrected chi connectivity index (χ2v) is 10.7. The van der Waals surface area contributed by atoms with Crippen molar-refractivity contribution in [3.63, 3.8) is 0 Å². The Morgan fingerprint density at radius 2 is 1.94 bits per heavy atom. The Bertz CT molecular complexity index is 1220. The van der Waals surface area contributed by atoms with Gasteiger partial charge in [-0.2, -0.15) is 18.3 Å². The van der Waals surface area contributed by atoms with Crippen molar-refractivity contribution in [3.05, 3.63) is 56.0 Å². The topological polar surface area (TPSA) is 39.4 Å². The first kappa shape index (κ1) is 23.8. The van der Waals surface area contributed by atoms with E-state index in [9.17, 15) is 13.2 Å². The second-order valence-electron chi connectivity index (χ2n) is 9.00. The van der Waals surface area contributed by atoms with Gasteiger partial charge in [0.25, 0.3) is 0 Å². The van der Waals surface area contributed by atoms with Crippen LogP contribution in [0.1, 0.15) is 60.9 Å². The maximum atomic E-state index is 14.0. The Morgan fingerprint density at radius 1 is 1.21 bits per heavy atom. The molecule has 0 fully saturated rings. The molecule has 1 aliphatic rings. The molecule has 0 amide bonds. The molecule has 1 unspecified atom stereocenters. The van der Waals surface area contributed by atoms with E-state index >= 15 is 0 Å². The summed E-state index contributed by atoms with van der Waals surface area (Å²) in [5.41, 5.74) is 2.07. The van der Waals surface area contributed by atoms with E-state index in [0.29, 0.717) is 34.3 Å². The van der Waals surface area contributed by atoms with E-state index < -0.39 is 11.9 Å². The summed E-state index contributed by atoms with van der Waals surface area (Å²) in [6.45, 7) is 8.86. The van der Waals surface area contributed by atoms with E-state index in [-0.39, 0.29) is 16.9 Å². The van der Waals surface area contributed by atoms with Crippen molar-refractivity contribution < 1.29 is 17.9 Å². The Balaban J connectivity index is 2.00. The lowest BCUT2D eigenvalue weighted by atomic mass is 9.77. The van der Waals surface area contributed by atoms with Gasteiger partial charge < -0.3 is 4.74 Å². The van der Waals surface area contributed by atoms with Crippen LogP contribution in [0.5, 0.6) is 5.75 Å². The average molecular weight is 496 g/mol. The number of rotatable bonds is 4. The van der Waals surface area contributed by atoms with Crippen LogP contribution in [0, 0.1) is 0 Å². The number of aliphatic imine (C=N–C) groups is 1. The zero-order chi connectivity index (χ0) is 24.1. The average Bonchev–Trinajstić information content (AvgIpc) is 3.33. The fourth-order valence-corrected chi connectivity index (χ4v) is 6.19. The normalized spacial score (nSPS) is 16.2. The van der Waals surface area contributed by atoms with Gasteiger partial charge in [0.15, 0.2) is 5.69 Å². The van der Waals surface area contributed by atoms with Crippen LogP contribution < -0.4 is 4.74 Å². The monoisotopic (exact) mass is 495 g/mol. The van der Waals surface area contributed by atoms with E-state index in [4.69, 9.17) is 16.3 Å². The number of fused-ring (bicyclic) bond motifs is 1. The summed E-state index contributed by atoms with van der Waals surface area (Å²) in [5, 5.41) is 3.82. The van der Waals surface area contributed by atoms with Crippen molar-refractivity contribution in [2.45, 2.75) is 58.3 Å². The maximum Gasteiger partial charge on any atom is 0.435 e. The Labute approximate surface area is 200 Å². The summed E-state index contributed by atoms with van der Waals surface area (Å²) in [6.07, 6.45) is -1.32. The highest BCUT2D eigenvalue weighted by atomic mass is 35.5. The third-order valence-electron chi connectivity index (χ3n) is 5.77. The van der Waals surface area contributed by atoms with Crippen molar-refractivity contribution >= 4 is 29.2 Å². The number of methoxy groups -OCH3 is 1. The first-order valence-electron chi connectivity index (χ1n) is 10.6. The number of hydrogen-bond acceptors (Lipinski definition) is 4. The van der Waals surface area contributed by atoms with Gasteiger partial charge in [-0.25, -0.2) is 0 Å². The lowest BCUT2D eigenvalue weighted by molar-refractivity contribution is -0.141. The molecule has 1 aromatic carbocycles. The van der Waals surface area contributed by atoms with E-state index in [1.54, 1.807) is 19.1 Å². The number of benzene rings is 1. The molecule has 0 spiro atoms. The number of thiophene rings is 1. The highest BCUT2D eigenvalue weighted by molar-refractivity contribution is 7.16. The van der Waals surface area contributed by atoms with Crippen molar-refractivity contribution in [2.24, 2.45) is 4.99 Å². The minimum Gasteiger partial charge on any atom is -0.497 e. The minimum absolute atomic E-state index is 0.0254. The highest BCUT2D eigenvalue weighted by Crippen LogP contribution is 2.49. The number of hydrogen-bond donors (Lipinski definition) is 0. The predicted molar refractivity (Wildman–Crippen MR) is 127 cm³/mol. The van der Waals surface area contributed by atoms with Crippen LogP contribution >= 0.6 is 22.9 Å². The molecule has 33 heavy (non-hydrogen) atoms. The van der Waals surface area contributed by atoms with Gasteiger partial charge in [-0.3, -0.25) is 9.67 Å². The standard InChI is InChI=1S/C24H25ClF3N3OS/c1-6-31-12-17(21(30-31)24(26,27)28)15-9-13(32-5)7-8-14(15)16-10-29-11-18-19(16)20(22(25)33-18)23(2,3)4/h7-10,12,16H,6,11H2,1-5H3. The van der Waals surface area contributed by atoms with Gasteiger partial charge in [0, 0.05) is 35.3 Å². The fraction of sp³-hybridized carbons (Fsp3) is 0.417. The first-order chi connectivity index (χ1) is 15.5. The zero-order valence-corrected chi connectivity index (χ0v) is 20.6. The molecule has 3 heterocycles. The minimum atomic E-state index is -4.59. The SMILES string of the molecule is CCn1cc(-c2cc(OC)ccc2C2C=NCc3sc(Cl)c(C(C)(C)C)c32)c(C(F)(F)F)n1. The molecule has 176 valence electrons. The molecule has 0 aliphatic carbocycles.